The molecular formula is C21H26N2O5S. The van der Waals surface area contributed by atoms with Crippen molar-refractivity contribution in [2.24, 2.45) is 0 Å². The van der Waals surface area contributed by atoms with Crippen LogP contribution >= 0.6 is 11.3 Å². The van der Waals surface area contributed by atoms with Crippen molar-refractivity contribution in [1.82, 2.24) is 9.88 Å². The van der Waals surface area contributed by atoms with Gasteiger partial charge in [-0.3, -0.25) is 9.59 Å². The van der Waals surface area contributed by atoms with Gasteiger partial charge in [0, 0.05) is 24.4 Å². The first-order chi connectivity index (χ1) is 13.8. The first-order valence-corrected chi connectivity index (χ1v) is 10.5. The van der Waals surface area contributed by atoms with Gasteiger partial charge in [0.05, 0.1) is 24.1 Å². The number of Topliss-reactive ketones (excluding diaryl/α,β-unsaturated/α-hetero) is 1. The molecule has 2 aromatic rings. The Morgan fingerprint density at radius 3 is 2.72 bits per heavy atom. The zero-order valence-corrected chi connectivity index (χ0v) is 17.9. The molecule has 7 nitrogen and oxygen atoms in total. The molecular weight excluding hydrogens is 392 g/mol. The van der Waals surface area contributed by atoms with Crippen molar-refractivity contribution in [2.75, 3.05) is 20.3 Å². The summed E-state index contributed by atoms with van der Waals surface area (Å²) < 4.78 is 10.5. The van der Waals surface area contributed by atoms with Gasteiger partial charge in [-0.25, -0.2) is 4.79 Å². The lowest BCUT2D eigenvalue weighted by molar-refractivity contribution is 0.0413. The topological polar surface area (TPSA) is 88.7 Å². The van der Waals surface area contributed by atoms with Crippen LogP contribution in [0.5, 0.6) is 0 Å². The van der Waals surface area contributed by atoms with E-state index in [4.69, 9.17) is 9.47 Å². The average molecular weight is 419 g/mol. The normalized spacial score (nSPS) is 17.2. The Morgan fingerprint density at radius 2 is 2.14 bits per heavy atom. The molecule has 0 spiro atoms. The van der Waals surface area contributed by atoms with E-state index < -0.39 is 12.0 Å². The van der Waals surface area contributed by atoms with Gasteiger partial charge < -0.3 is 19.4 Å². The van der Waals surface area contributed by atoms with Gasteiger partial charge in [0.1, 0.15) is 5.69 Å². The summed E-state index contributed by atoms with van der Waals surface area (Å²) in [5, 5.41) is 1.84. The van der Waals surface area contributed by atoms with E-state index in [0.29, 0.717) is 34.8 Å². The van der Waals surface area contributed by atoms with Crippen molar-refractivity contribution in [2.45, 2.75) is 45.8 Å². The minimum atomic E-state index is -0.701. The molecule has 3 rings (SSSR count). The fourth-order valence-electron chi connectivity index (χ4n) is 3.74. The monoisotopic (exact) mass is 418 g/mol. The average Bonchev–Trinajstić information content (AvgIpc) is 3.46. The summed E-state index contributed by atoms with van der Waals surface area (Å²) in [6.07, 6.45) is 1.74. The summed E-state index contributed by atoms with van der Waals surface area (Å²) in [6, 6.07) is 2.87. The van der Waals surface area contributed by atoms with Crippen LogP contribution in [0.4, 0.5) is 0 Å². The fraction of sp³-hybridized carbons (Fsp3) is 0.476. The van der Waals surface area contributed by atoms with Crippen molar-refractivity contribution in [1.29, 1.82) is 0 Å². The zero-order valence-electron chi connectivity index (χ0n) is 17.1. The standard InChI is InChI=1S/C21H26N2O5S/c1-12-17(13(2)22-18(12)21(26)27-4)19(24)14(3)23(11-15-7-5-9-28-15)20(25)16-8-6-10-29-16/h6,8,10,14-15,22H,5,7,9,11H2,1-4H3/t14-,15-/m1/s1. The van der Waals surface area contributed by atoms with Crippen LogP contribution in [0, 0.1) is 13.8 Å². The Morgan fingerprint density at radius 1 is 1.38 bits per heavy atom. The number of nitrogens with one attached hydrogen (secondary N) is 1. The lowest BCUT2D eigenvalue weighted by Gasteiger charge is -2.30. The highest BCUT2D eigenvalue weighted by molar-refractivity contribution is 7.12. The molecule has 0 radical (unpaired) electrons. The summed E-state index contributed by atoms with van der Waals surface area (Å²) in [4.78, 5) is 43.6. The van der Waals surface area contributed by atoms with Crippen LogP contribution in [0.2, 0.25) is 0 Å². The van der Waals surface area contributed by atoms with Gasteiger partial charge in [-0.2, -0.15) is 0 Å². The molecule has 2 atom stereocenters. The molecule has 0 unspecified atom stereocenters. The first-order valence-electron chi connectivity index (χ1n) is 9.62. The molecule has 2 aromatic heterocycles. The molecule has 156 valence electrons. The van der Waals surface area contributed by atoms with E-state index in [-0.39, 0.29) is 23.5 Å². The highest BCUT2D eigenvalue weighted by Crippen LogP contribution is 2.25. The van der Waals surface area contributed by atoms with Gasteiger partial charge in [0.15, 0.2) is 5.78 Å². The second-order valence-corrected chi connectivity index (χ2v) is 8.17. The summed E-state index contributed by atoms with van der Waals surface area (Å²) >= 11 is 1.35. The van der Waals surface area contributed by atoms with Gasteiger partial charge in [-0.05, 0) is 50.6 Å². The van der Waals surface area contributed by atoms with Crippen LogP contribution in [-0.4, -0.2) is 60.0 Å². The quantitative estimate of drug-likeness (QED) is 0.550. The smallest absolute Gasteiger partial charge is 0.354 e. The molecule has 1 saturated heterocycles. The van der Waals surface area contributed by atoms with E-state index in [9.17, 15) is 14.4 Å². The van der Waals surface area contributed by atoms with E-state index in [1.54, 1.807) is 31.7 Å². The van der Waals surface area contributed by atoms with Crippen LogP contribution in [0.15, 0.2) is 17.5 Å². The van der Waals surface area contributed by atoms with Crippen molar-refractivity contribution in [3.63, 3.8) is 0 Å². The van der Waals surface area contributed by atoms with Crippen molar-refractivity contribution < 1.29 is 23.9 Å². The molecule has 1 amide bonds. The number of H-pyrrole nitrogens is 1. The molecule has 1 N–H and O–H groups in total. The van der Waals surface area contributed by atoms with Gasteiger partial charge in [-0.1, -0.05) is 6.07 Å². The number of carbonyl (C=O) groups is 3. The maximum absolute atomic E-state index is 13.4. The van der Waals surface area contributed by atoms with Crippen LogP contribution in [-0.2, 0) is 9.47 Å². The third-order valence-corrected chi connectivity index (χ3v) is 6.20. The number of hydrogen-bond donors (Lipinski definition) is 1. The lowest BCUT2D eigenvalue weighted by Crippen LogP contribution is -2.47. The van der Waals surface area contributed by atoms with E-state index in [1.165, 1.54) is 18.4 Å². The van der Waals surface area contributed by atoms with Crippen LogP contribution in [0.3, 0.4) is 0 Å². The number of amides is 1. The highest BCUT2D eigenvalue weighted by Gasteiger charge is 2.34. The summed E-state index contributed by atoms with van der Waals surface area (Å²) in [5.74, 6) is -0.923. The number of nitrogens with zero attached hydrogens (tertiary/aromatic N) is 1. The first kappa shape index (κ1) is 21.3. The number of aryl methyl sites for hydroxylation is 1. The number of hydrogen-bond acceptors (Lipinski definition) is 6. The zero-order chi connectivity index (χ0) is 21.1. The van der Waals surface area contributed by atoms with Gasteiger partial charge in [-0.15, -0.1) is 11.3 Å². The molecule has 29 heavy (non-hydrogen) atoms. The van der Waals surface area contributed by atoms with E-state index in [2.05, 4.69) is 4.98 Å². The summed E-state index contributed by atoms with van der Waals surface area (Å²) in [5.41, 5.74) is 1.80. The molecule has 0 bridgehead atoms. The van der Waals surface area contributed by atoms with E-state index >= 15 is 0 Å². The largest absolute Gasteiger partial charge is 0.464 e. The molecule has 0 aromatic carbocycles. The maximum Gasteiger partial charge on any atom is 0.354 e. The Hall–Kier alpha value is -2.45. The van der Waals surface area contributed by atoms with Gasteiger partial charge in [0.25, 0.3) is 5.91 Å². The summed E-state index contributed by atoms with van der Waals surface area (Å²) in [7, 11) is 1.30. The number of aromatic nitrogens is 1. The minimum absolute atomic E-state index is 0.0757. The molecule has 0 aliphatic carbocycles. The lowest BCUT2D eigenvalue weighted by atomic mass is 9.99. The second-order valence-electron chi connectivity index (χ2n) is 7.23. The van der Waals surface area contributed by atoms with Crippen LogP contribution in [0.1, 0.15) is 61.5 Å². The second kappa shape index (κ2) is 8.92. The van der Waals surface area contributed by atoms with Crippen molar-refractivity contribution in [3.05, 3.63) is 44.9 Å². The SMILES string of the molecule is COC(=O)c1[nH]c(C)c(C(=O)[C@@H](C)N(C[C@H]2CCCO2)C(=O)c2cccs2)c1C. The van der Waals surface area contributed by atoms with Gasteiger partial charge >= 0.3 is 5.97 Å². The number of rotatable bonds is 7. The predicted octanol–water partition coefficient (Wildman–Crippen LogP) is 3.37. The number of methoxy groups -OCH3 is 1. The number of esters is 1. The van der Waals surface area contributed by atoms with Crippen molar-refractivity contribution >= 4 is 29.0 Å². The van der Waals surface area contributed by atoms with Crippen LogP contribution in [0.25, 0.3) is 0 Å². The fourth-order valence-corrected chi connectivity index (χ4v) is 4.42. The summed E-state index contributed by atoms with van der Waals surface area (Å²) in [6.45, 7) is 6.21. The molecule has 1 fully saturated rings. The maximum atomic E-state index is 13.4. The third-order valence-electron chi connectivity index (χ3n) is 5.34. The van der Waals surface area contributed by atoms with E-state index in [1.807, 2.05) is 11.4 Å². The Kier molecular flexibility index (Phi) is 6.54. The molecule has 3 heterocycles. The predicted molar refractivity (Wildman–Crippen MR) is 110 cm³/mol. The Balaban J connectivity index is 1.91. The molecule has 8 heteroatoms. The Labute approximate surface area is 174 Å². The van der Waals surface area contributed by atoms with E-state index in [0.717, 1.165) is 12.8 Å². The Bertz CT molecular complexity index is 897. The number of ether oxygens (including phenoxy) is 2. The van der Waals surface area contributed by atoms with Crippen LogP contribution < -0.4 is 0 Å². The minimum Gasteiger partial charge on any atom is -0.464 e. The third kappa shape index (κ3) is 4.28. The molecule has 1 aliphatic heterocycles. The molecule has 0 saturated carbocycles. The number of ketones is 1. The van der Waals surface area contributed by atoms with Gasteiger partial charge in [0.2, 0.25) is 0 Å². The van der Waals surface area contributed by atoms with Crippen molar-refractivity contribution in [3.8, 4) is 0 Å². The number of aromatic amines is 1. The number of thiophene rings is 1. The highest BCUT2D eigenvalue weighted by atomic mass is 32.1. The number of carbonyl (C=O) groups excluding carboxylic acids is 3. The molecule has 1 aliphatic rings.